The summed E-state index contributed by atoms with van der Waals surface area (Å²) in [5.41, 5.74) is 2.47. The van der Waals surface area contributed by atoms with Gasteiger partial charge in [-0.3, -0.25) is 0 Å². The third kappa shape index (κ3) is 3.63. The van der Waals surface area contributed by atoms with Gasteiger partial charge in [-0.05, 0) is 81.5 Å². The van der Waals surface area contributed by atoms with E-state index in [1.807, 2.05) is 13.8 Å². The van der Waals surface area contributed by atoms with E-state index in [1.54, 1.807) is 5.57 Å². The average Bonchev–Trinajstić information content (AvgIpc) is 2.99. The van der Waals surface area contributed by atoms with Crippen molar-refractivity contribution in [2.75, 3.05) is 0 Å². The van der Waals surface area contributed by atoms with Gasteiger partial charge in [0.1, 0.15) is 0 Å². The highest BCUT2D eigenvalue weighted by atomic mass is 16.3. The van der Waals surface area contributed by atoms with Gasteiger partial charge in [0.05, 0.1) is 17.8 Å². The minimum atomic E-state index is -0.555. The summed E-state index contributed by atoms with van der Waals surface area (Å²) in [5.74, 6) is 2.51. The van der Waals surface area contributed by atoms with Gasteiger partial charge >= 0.3 is 0 Å². The Morgan fingerprint density at radius 1 is 1.10 bits per heavy atom. The fraction of sp³-hybridized carbons (Fsp3) is 0.852. The van der Waals surface area contributed by atoms with Gasteiger partial charge in [0.2, 0.25) is 0 Å². The van der Waals surface area contributed by atoms with Gasteiger partial charge in [0.15, 0.2) is 0 Å². The molecule has 3 fully saturated rings. The molecule has 0 heterocycles. The highest BCUT2D eigenvalue weighted by molar-refractivity contribution is 5.40. The maximum Gasteiger partial charge on any atom is 0.0661 e. The second-order valence-electron chi connectivity index (χ2n) is 12.3. The first-order chi connectivity index (χ1) is 14.0. The van der Waals surface area contributed by atoms with E-state index < -0.39 is 17.8 Å². The topological polar surface area (TPSA) is 60.7 Å². The van der Waals surface area contributed by atoms with Gasteiger partial charge < -0.3 is 15.3 Å². The molecular weight excluding hydrogens is 372 g/mol. The molecule has 0 saturated heterocycles. The zero-order valence-corrected chi connectivity index (χ0v) is 19.8. The number of hydrogen-bond donors (Lipinski definition) is 3. The van der Waals surface area contributed by atoms with Crippen LogP contribution in [0.2, 0.25) is 0 Å². The summed E-state index contributed by atoms with van der Waals surface area (Å²) in [4.78, 5) is 0. The van der Waals surface area contributed by atoms with Crippen molar-refractivity contribution in [2.45, 2.75) is 110 Å². The predicted molar refractivity (Wildman–Crippen MR) is 122 cm³/mol. The molecule has 3 nitrogen and oxygen atoms in total. The summed E-state index contributed by atoms with van der Waals surface area (Å²) in [7, 11) is 0. The van der Waals surface area contributed by atoms with E-state index in [9.17, 15) is 15.3 Å². The monoisotopic (exact) mass is 416 g/mol. The molecule has 170 valence electrons. The molecule has 0 aromatic rings. The molecule has 0 aromatic heterocycles. The Morgan fingerprint density at radius 3 is 2.53 bits per heavy atom. The fourth-order valence-corrected chi connectivity index (χ4v) is 8.08. The van der Waals surface area contributed by atoms with Gasteiger partial charge in [-0.25, -0.2) is 0 Å². The standard InChI is InChI=1S/C27H44O3/c1-17(7-6-13-25(2,3)30)21-10-11-22-20-9-8-18-15-19(28)16-24(29)27(18,5)23(20)12-14-26(21,22)4/h8-9,17,19,21-24,28-30H,6-7,10-16H2,1-5H3/t17?,19-,21-,22+,23-,24+,26+,27+/m1/s1. The average molecular weight is 417 g/mol. The summed E-state index contributed by atoms with van der Waals surface area (Å²) >= 11 is 0. The van der Waals surface area contributed by atoms with Gasteiger partial charge in [-0.1, -0.05) is 56.9 Å². The summed E-state index contributed by atoms with van der Waals surface area (Å²) < 4.78 is 0. The summed E-state index contributed by atoms with van der Waals surface area (Å²) in [6, 6.07) is 0. The molecule has 3 saturated carbocycles. The quantitative estimate of drug-likeness (QED) is 0.563. The zero-order chi connectivity index (χ0) is 21.9. The molecule has 3 N–H and O–H groups in total. The summed E-state index contributed by atoms with van der Waals surface area (Å²) in [6.07, 6.45) is 13.2. The van der Waals surface area contributed by atoms with Crippen molar-refractivity contribution >= 4 is 0 Å². The van der Waals surface area contributed by atoms with Crippen LogP contribution in [0.3, 0.4) is 0 Å². The number of aliphatic hydroxyl groups excluding tert-OH is 2. The molecule has 0 amide bonds. The smallest absolute Gasteiger partial charge is 0.0661 e. The lowest BCUT2D eigenvalue weighted by atomic mass is 9.49. The van der Waals surface area contributed by atoms with Crippen LogP contribution in [0.5, 0.6) is 0 Å². The van der Waals surface area contributed by atoms with Crippen molar-refractivity contribution in [3.8, 4) is 0 Å². The third-order valence-electron chi connectivity index (χ3n) is 9.86. The Hall–Kier alpha value is -0.640. The van der Waals surface area contributed by atoms with Crippen LogP contribution in [0, 0.1) is 34.5 Å². The molecule has 0 aromatic carbocycles. The van der Waals surface area contributed by atoms with Crippen LogP contribution in [0.1, 0.15) is 92.4 Å². The Morgan fingerprint density at radius 2 is 1.83 bits per heavy atom. The van der Waals surface area contributed by atoms with Gasteiger partial charge in [-0.15, -0.1) is 0 Å². The van der Waals surface area contributed by atoms with Crippen molar-refractivity contribution in [2.24, 2.45) is 34.5 Å². The predicted octanol–water partition coefficient (Wildman–Crippen LogP) is 5.39. The van der Waals surface area contributed by atoms with Crippen LogP contribution in [-0.4, -0.2) is 33.1 Å². The third-order valence-corrected chi connectivity index (χ3v) is 9.86. The largest absolute Gasteiger partial charge is 0.393 e. The van der Waals surface area contributed by atoms with Gasteiger partial charge in [0.25, 0.3) is 0 Å². The molecule has 0 spiro atoms. The minimum absolute atomic E-state index is 0.193. The number of aliphatic hydroxyl groups is 3. The summed E-state index contributed by atoms with van der Waals surface area (Å²) in [6.45, 7) is 11.1. The number of fused-ring (bicyclic) bond motifs is 5. The van der Waals surface area contributed by atoms with Crippen LogP contribution in [0.25, 0.3) is 0 Å². The van der Waals surface area contributed by atoms with Crippen molar-refractivity contribution in [1.82, 2.24) is 0 Å². The van der Waals surface area contributed by atoms with Crippen LogP contribution in [0.4, 0.5) is 0 Å². The first-order valence-electron chi connectivity index (χ1n) is 12.5. The molecule has 0 bridgehead atoms. The van der Waals surface area contributed by atoms with Crippen molar-refractivity contribution < 1.29 is 15.3 Å². The highest BCUT2D eigenvalue weighted by Crippen LogP contribution is 2.66. The lowest BCUT2D eigenvalue weighted by Crippen LogP contribution is -2.52. The second-order valence-corrected chi connectivity index (χ2v) is 12.3. The van der Waals surface area contributed by atoms with E-state index in [0.29, 0.717) is 29.6 Å². The van der Waals surface area contributed by atoms with Gasteiger partial charge in [-0.2, -0.15) is 0 Å². The maximum atomic E-state index is 11.0. The summed E-state index contributed by atoms with van der Waals surface area (Å²) in [5, 5.41) is 31.3. The first kappa shape index (κ1) is 22.6. The second kappa shape index (κ2) is 7.74. The lowest BCUT2D eigenvalue weighted by molar-refractivity contribution is -0.0545. The van der Waals surface area contributed by atoms with E-state index in [1.165, 1.54) is 31.3 Å². The molecule has 4 aliphatic rings. The van der Waals surface area contributed by atoms with E-state index in [4.69, 9.17) is 0 Å². The van der Waals surface area contributed by atoms with E-state index in [-0.39, 0.29) is 5.41 Å². The Bertz CT molecular complexity index is 716. The van der Waals surface area contributed by atoms with Crippen LogP contribution >= 0.6 is 0 Å². The molecule has 0 aliphatic heterocycles. The molecule has 3 heteroatoms. The lowest BCUT2D eigenvalue weighted by Gasteiger charge is -2.56. The maximum absolute atomic E-state index is 11.0. The first-order valence-corrected chi connectivity index (χ1v) is 12.5. The van der Waals surface area contributed by atoms with Crippen molar-refractivity contribution in [3.05, 3.63) is 23.3 Å². The fourth-order valence-electron chi connectivity index (χ4n) is 8.08. The molecule has 8 atom stereocenters. The Kier molecular flexibility index (Phi) is 5.82. The van der Waals surface area contributed by atoms with E-state index in [2.05, 4.69) is 32.9 Å². The number of hydrogen-bond acceptors (Lipinski definition) is 3. The molecule has 4 aliphatic carbocycles. The van der Waals surface area contributed by atoms with E-state index >= 15 is 0 Å². The highest BCUT2D eigenvalue weighted by Gasteiger charge is 2.58. The van der Waals surface area contributed by atoms with Crippen LogP contribution in [-0.2, 0) is 0 Å². The molecule has 30 heavy (non-hydrogen) atoms. The normalized spacial score (nSPS) is 44.5. The SMILES string of the molecule is CC(CCCC(C)(C)O)[C@H]1CC[C@H]2C3=CC=C4C[C@@H](O)C[C@H](O)[C@]4(C)[C@@H]3CC[C@@]12C. The molecule has 1 unspecified atom stereocenters. The van der Waals surface area contributed by atoms with Crippen molar-refractivity contribution in [1.29, 1.82) is 0 Å². The number of rotatable bonds is 5. The van der Waals surface area contributed by atoms with Crippen molar-refractivity contribution in [3.63, 3.8) is 0 Å². The molecular formula is C27H44O3. The van der Waals surface area contributed by atoms with Gasteiger partial charge in [0, 0.05) is 11.8 Å². The molecule has 4 rings (SSSR count). The van der Waals surface area contributed by atoms with E-state index in [0.717, 1.165) is 31.6 Å². The minimum Gasteiger partial charge on any atom is -0.393 e. The van der Waals surface area contributed by atoms with Crippen LogP contribution < -0.4 is 0 Å². The zero-order valence-electron chi connectivity index (χ0n) is 19.8. The molecule has 0 radical (unpaired) electrons. The Labute approximate surface area is 183 Å². The Balaban J connectivity index is 1.53. The van der Waals surface area contributed by atoms with Crippen LogP contribution in [0.15, 0.2) is 23.3 Å². The number of allylic oxidation sites excluding steroid dienone is 3.